The zero-order chi connectivity index (χ0) is 14.6. The molecule has 0 radical (unpaired) electrons. The van der Waals surface area contributed by atoms with Crippen molar-refractivity contribution in [3.8, 4) is 0 Å². The highest BCUT2D eigenvalue weighted by Gasteiger charge is 2.15. The number of aryl methyl sites for hydroxylation is 1. The van der Waals surface area contributed by atoms with Crippen molar-refractivity contribution in [2.24, 2.45) is 0 Å². The fraction of sp³-hybridized carbons (Fsp3) is 0.643. The Labute approximate surface area is 115 Å². The van der Waals surface area contributed by atoms with Crippen LogP contribution in [0.1, 0.15) is 51.9 Å². The van der Waals surface area contributed by atoms with Crippen LogP contribution in [0.5, 0.6) is 0 Å². The van der Waals surface area contributed by atoms with Crippen LogP contribution in [-0.2, 0) is 4.79 Å². The summed E-state index contributed by atoms with van der Waals surface area (Å²) >= 11 is 0. The zero-order valence-corrected chi connectivity index (χ0v) is 12.6. The van der Waals surface area contributed by atoms with Gasteiger partial charge in [-0.15, -0.1) is 0 Å². The van der Waals surface area contributed by atoms with Gasteiger partial charge in [0.1, 0.15) is 6.04 Å². The van der Waals surface area contributed by atoms with E-state index in [-0.39, 0.29) is 18.0 Å². The third-order valence-electron chi connectivity index (χ3n) is 2.64. The van der Waals surface area contributed by atoms with E-state index in [9.17, 15) is 4.79 Å². The first-order chi connectivity index (χ1) is 8.79. The van der Waals surface area contributed by atoms with Gasteiger partial charge in [0, 0.05) is 17.4 Å². The van der Waals surface area contributed by atoms with Gasteiger partial charge in [-0.3, -0.25) is 4.79 Å². The summed E-state index contributed by atoms with van der Waals surface area (Å²) in [5.41, 5.74) is 1.88. The van der Waals surface area contributed by atoms with Gasteiger partial charge < -0.3 is 10.6 Å². The highest BCUT2D eigenvalue weighted by molar-refractivity contribution is 5.83. The second-order valence-corrected chi connectivity index (χ2v) is 5.44. The number of aromatic nitrogens is 2. The average Bonchev–Trinajstić information content (AvgIpc) is 2.26. The van der Waals surface area contributed by atoms with Gasteiger partial charge in [-0.1, -0.05) is 13.8 Å². The fourth-order valence-corrected chi connectivity index (χ4v) is 1.62. The number of carbonyl (C=O) groups is 1. The van der Waals surface area contributed by atoms with Crippen LogP contribution in [0, 0.1) is 6.92 Å². The Balaban J connectivity index is 2.79. The van der Waals surface area contributed by atoms with Crippen LogP contribution in [0.4, 0.5) is 5.95 Å². The number of nitrogens with zero attached hydrogens (tertiary/aromatic N) is 2. The number of hydrogen-bond acceptors (Lipinski definition) is 4. The molecule has 0 aliphatic rings. The summed E-state index contributed by atoms with van der Waals surface area (Å²) in [5, 5.41) is 5.91. The molecule has 0 aromatic carbocycles. The van der Waals surface area contributed by atoms with Gasteiger partial charge >= 0.3 is 0 Å². The summed E-state index contributed by atoms with van der Waals surface area (Å²) in [4.78, 5) is 20.6. The van der Waals surface area contributed by atoms with E-state index in [1.54, 1.807) is 6.92 Å². The molecule has 0 aliphatic carbocycles. The molecule has 0 saturated carbocycles. The van der Waals surface area contributed by atoms with Crippen LogP contribution in [0.3, 0.4) is 0 Å². The minimum atomic E-state index is -0.357. The standard InChI is InChI=1S/C14H24N4O/c1-8(2)12-7-10(5)16-14(18-12)17-11(6)13(19)15-9(3)4/h7-9,11H,1-6H3,(H,15,19)(H,16,17,18). The highest BCUT2D eigenvalue weighted by Crippen LogP contribution is 2.14. The molecule has 2 N–H and O–H groups in total. The Morgan fingerprint density at radius 2 is 1.79 bits per heavy atom. The Morgan fingerprint density at radius 1 is 1.16 bits per heavy atom. The lowest BCUT2D eigenvalue weighted by molar-refractivity contribution is -0.122. The molecule has 19 heavy (non-hydrogen) atoms. The largest absolute Gasteiger partial charge is 0.352 e. The van der Waals surface area contributed by atoms with E-state index in [2.05, 4.69) is 34.4 Å². The average molecular weight is 264 g/mol. The van der Waals surface area contributed by atoms with Crippen LogP contribution >= 0.6 is 0 Å². The van der Waals surface area contributed by atoms with Crippen LogP contribution < -0.4 is 10.6 Å². The molecule has 0 fully saturated rings. The van der Waals surface area contributed by atoms with Crippen molar-refractivity contribution in [2.75, 3.05) is 5.32 Å². The monoisotopic (exact) mass is 264 g/mol. The first-order valence-corrected chi connectivity index (χ1v) is 6.72. The Morgan fingerprint density at radius 3 is 2.32 bits per heavy atom. The summed E-state index contributed by atoms with van der Waals surface area (Å²) in [6.45, 7) is 11.8. The summed E-state index contributed by atoms with van der Waals surface area (Å²) in [7, 11) is 0. The smallest absolute Gasteiger partial charge is 0.242 e. The molecule has 5 nitrogen and oxygen atoms in total. The molecule has 1 rings (SSSR count). The molecular formula is C14H24N4O. The van der Waals surface area contributed by atoms with Crippen molar-refractivity contribution in [1.82, 2.24) is 15.3 Å². The molecule has 0 saturated heterocycles. The molecule has 1 aromatic heterocycles. The molecule has 106 valence electrons. The summed E-state index contributed by atoms with van der Waals surface area (Å²) in [6, 6.07) is 1.74. The molecule has 1 amide bonds. The minimum absolute atomic E-state index is 0.0498. The van der Waals surface area contributed by atoms with Crippen molar-refractivity contribution >= 4 is 11.9 Å². The Hall–Kier alpha value is -1.65. The number of hydrogen-bond donors (Lipinski definition) is 2. The van der Waals surface area contributed by atoms with E-state index < -0.39 is 0 Å². The normalized spacial score (nSPS) is 12.6. The molecule has 1 aromatic rings. The number of anilines is 1. The van der Waals surface area contributed by atoms with Gasteiger partial charge in [0.15, 0.2) is 0 Å². The van der Waals surface area contributed by atoms with Crippen molar-refractivity contribution in [3.63, 3.8) is 0 Å². The topological polar surface area (TPSA) is 66.9 Å². The van der Waals surface area contributed by atoms with E-state index in [4.69, 9.17) is 0 Å². The van der Waals surface area contributed by atoms with Crippen LogP contribution in [0.25, 0.3) is 0 Å². The summed E-state index contributed by atoms with van der Waals surface area (Å²) in [5.74, 6) is 0.795. The molecule has 0 spiro atoms. The van der Waals surface area contributed by atoms with Gasteiger partial charge in [0.2, 0.25) is 11.9 Å². The van der Waals surface area contributed by atoms with Crippen LogP contribution in [0.2, 0.25) is 0 Å². The Kier molecular flexibility index (Phi) is 5.27. The van der Waals surface area contributed by atoms with Crippen molar-refractivity contribution in [1.29, 1.82) is 0 Å². The van der Waals surface area contributed by atoms with E-state index in [0.29, 0.717) is 11.9 Å². The maximum Gasteiger partial charge on any atom is 0.242 e. The van der Waals surface area contributed by atoms with Gasteiger partial charge in [-0.25, -0.2) is 9.97 Å². The summed E-state index contributed by atoms with van der Waals surface area (Å²) in [6.07, 6.45) is 0. The van der Waals surface area contributed by atoms with E-state index in [1.165, 1.54) is 0 Å². The lowest BCUT2D eigenvalue weighted by Crippen LogP contribution is -2.41. The molecule has 1 unspecified atom stereocenters. The Bertz CT molecular complexity index is 443. The van der Waals surface area contributed by atoms with Gasteiger partial charge in [-0.05, 0) is 39.7 Å². The molecule has 1 heterocycles. The lowest BCUT2D eigenvalue weighted by Gasteiger charge is -2.17. The number of nitrogens with one attached hydrogen (secondary N) is 2. The van der Waals surface area contributed by atoms with Crippen LogP contribution in [-0.4, -0.2) is 28.0 Å². The quantitative estimate of drug-likeness (QED) is 0.856. The van der Waals surface area contributed by atoms with E-state index in [1.807, 2.05) is 26.8 Å². The number of amides is 1. The molecule has 0 aliphatic heterocycles. The second-order valence-electron chi connectivity index (χ2n) is 5.44. The SMILES string of the molecule is Cc1cc(C(C)C)nc(NC(C)C(=O)NC(C)C)n1. The predicted octanol–water partition coefficient (Wildman–Crippen LogP) is 2.23. The number of rotatable bonds is 5. The summed E-state index contributed by atoms with van der Waals surface area (Å²) < 4.78 is 0. The highest BCUT2D eigenvalue weighted by atomic mass is 16.2. The zero-order valence-electron chi connectivity index (χ0n) is 12.6. The first kappa shape index (κ1) is 15.4. The van der Waals surface area contributed by atoms with E-state index >= 15 is 0 Å². The van der Waals surface area contributed by atoms with Crippen LogP contribution in [0.15, 0.2) is 6.07 Å². The molecule has 5 heteroatoms. The van der Waals surface area contributed by atoms with Crippen molar-refractivity contribution < 1.29 is 4.79 Å². The van der Waals surface area contributed by atoms with Gasteiger partial charge in [0.05, 0.1) is 0 Å². The maximum atomic E-state index is 11.8. The predicted molar refractivity (Wildman–Crippen MR) is 77.2 cm³/mol. The lowest BCUT2D eigenvalue weighted by atomic mass is 10.1. The number of carbonyl (C=O) groups excluding carboxylic acids is 1. The minimum Gasteiger partial charge on any atom is -0.352 e. The molecular weight excluding hydrogens is 240 g/mol. The molecule has 1 atom stereocenters. The first-order valence-electron chi connectivity index (χ1n) is 6.72. The van der Waals surface area contributed by atoms with Gasteiger partial charge in [-0.2, -0.15) is 0 Å². The third kappa shape index (κ3) is 4.85. The van der Waals surface area contributed by atoms with Crippen molar-refractivity contribution in [3.05, 3.63) is 17.5 Å². The maximum absolute atomic E-state index is 11.8. The fourth-order valence-electron chi connectivity index (χ4n) is 1.62. The third-order valence-corrected chi connectivity index (χ3v) is 2.64. The van der Waals surface area contributed by atoms with E-state index in [0.717, 1.165) is 11.4 Å². The molecule has 0 bridgehead atoms. The van der Waals surface area contributed by atoms with Gasteiger partial charge in [0.25, 0.3) is 0 Å². The van der Waals surface area contributed by atoms with Crippen molar-refractivity contribution in [2.45, 2.75) is 59.5 Å². The second kappa shape index (κ2) is 6.50.